The lowest BCUT2D eigenvalue weighted by atomic mass is 9.73. The van der Waals surface area contributed by atoms with Crippen LogP contribution in [0.25, 0.3) is 0 Å². The van der Waals surface area contributed by atoms with Crippen LogP contribution in [0.4, 0.5) is 0 Å². The molecule has 5 rings (SSSR count). The van der Waals surface area contributed by atoms with Crippen LogP contribution in [0.15, 0.2) is 89.7 Å². The number of hydrogen-bond donors (Lipinski definition) is 3. The molecule has 0 saturated carbocycles. The first-order valence-electron chi connectivity index (χ1n) is 17.3. The third-order valence-electron chi connectivity index (χ3n) is 9.72. The number of unbranched alkanes of at least 4 members (excludes halogenated alkanes) is 2. The van der Waals surface area contributed by atoms with Crippen molar-refractivity contribution >= 4 is 17.8 Å². The van der Waals surface area contributed by atoms with Gasteiger partial charge in [-0.3, -0.25) is 14.5 Å². The molecule has 0 spiro atoms. The van der Waals surface area contributed by atoms with Crippen LogP contribution >= 0.6 is 0 Å². The Morgan fingerprint density at radius 1 is 1.10 bits per heavy atom. The van der Waals surface area contributed by atoms with Crippen molar-refractivity contribution < 1.29 is 34.1 Å². The van der Waals surface area contributed by atoms with Gasteiger partial charge in [0.15, 0.2) is 6.61 Å². The Morgan fingerprint density at radius 2 is 1.88 bits per heavy atom. The topological polar surface area (TPSA) is 125 Å². The monoisotopic (exact) mass is 668 g/mol. The van der Waals surface area contributed by atoms with Crippen LogP contribution in [0.1, 0.15) is 82.8 Å². The van der Waals surface area contributed by atoms with Gasteiger partial charge in [-0.05, 0) is 99.8 Å². The highest BCUT2D eigenvalue weighted by molar-refractivity contribution is 6.02. The van der Waals surface area contributed by atoms with Crippen molar-refractivity contribution in [2.75, 3.05) is 13.2 Å². The number of aromatic hydroxyl groups is 1. The minimum Gasteiger partial charge on any atom is -0.507 e. The molecule has 2 aromatic rings. The van der Waals surface area contributed by atoms with Crippen LogP contribution in [0.2, 0.25) is 0 Å². The second kappa shape index (κ2) is 16.1. The van der Waals surface area contributed by atoms with Crippen LogP contribution in [-0.4, -0.2) is 58.2 Å². The largest absolute Gasteiger partial charge is 0.507 e. The zero-order chi connectivity index (χ0) is 35.1. The minimum absolute atomic E-state index is 0.0673. The lowest BCUT2D eigenvalue weighted by Crippen LogP contribution is -2.71. The third-order valence-corrected chi connectivity index (χ3v) is 9.72. The molecule has 0 unspecified atom stereocenters. The van der Waals surface area contributed by atoms with Gasteiger partial charge < -0.3 is 25.0 Å². The number of carbonyl (C=O) groups excluding carboxylic acids is 2. The number of ether oxygens (including phenoxy) is 2. The van der Waals surface area contributed by atoms with Gasteiger partial charge in [-0.15, -0.1) is 0 Å². The molecule has 0 aromatic heterocycles. The molecular weight excluding hydrogens is 620 g/mol. The van der Waals surface area contributed by atoms with Gasteiger partial charge in [0.2, 0.25) is 0 Å². The summed E-state index contributed by atoms with van der Waals surface area (Å²) >= 11 is 0. The number of carboxylic acids is 1. The number of hydrogen-bond acceptors (Lipinski definition) is 6. The lowest BCUT2D eigenvalue weighted by molar-refractivity contribution is -0.156. The van der Waals surface area contributed by atoms with Gasteiger partial charge in [0.05, 0.1) is 6.04 Å². The Bertz CT molecular complexity index is 1660. The van der Waals surface area contributed by atoms with E-state index < -0.39 is 29.9 Å². The molecular formula is C40H48N2O7. The van der Waals surface area contributed by atoms with Crippen molar-refractivity contribution in [1.82, 2.24) is 10.2 Å². The summed E-state index contributed by atoms with van der Waals surface area (Å²) in [7, 11) is 0. The molecule has 2 heterocycles. The number of carboxylic acid groups (broad SMARTS) is 1. The van der Waals surface area contributed by atoms with Gasteiger partial charge in [0, 0.05) is 11.5 Å². The van der Waals surface area contributed by atoms with E-state index in [0.717, 1.165) is 55.2 Å². The Balaban J connectivity index is 1.30. The van der Waals surface area contributed by atoms with E-state index >= 15 is 0 Å². The van der Waals surface area contributed by atoms with E-state index in [1.165, 1.54) is 10.5 Å². The number of allylic oxidation sites excluding steroid dienone is 5. The first-order chi connectivity index (χ1) is 23.6. The number of rotatable bonds is 15. The average molecular weight is 669 g/mol. The number of aryl methyl sites for hydroxylation is 1. The molecule has 1 saturated heterocycles. The molecule has 2 amide bonds. The van der Waals surface area contributed by atoms with Gasteiger partial charge in [0.25, 0.3) is 11.8 Å². The van der Waals surface area contributed by atoms with Crippen LogP contribution in [-0.2, 0) is 20.8 Å². The predicted octanol–water partition coefficient (Wildman–Crippen LogP) is 6.98. The van der Waals surface area contributed by atoms with E-state index in [9.17, 15) is 24.6 Å². The number of benzene rings is 2. The number of carbonyl (C=O) groups is 3. The summed E-state index contributed by atoms with van der Waals surface area (Å²) in [6, 6.07) is 11.5. The highest BCUT2D eigenvalue weighted by Crippen LogP contribution is 2.47. The van der Waals surface area contributed by atoms with Gasteiger partial charge in [0.1, 0.15) is 35.6 Å². The molecule has 9 nitrogen and oxygen atoms in total. The Labute approximate surface area is 289 Å². The van der Waals surface area contributed by atoms with E-state index in [1.807, 2.05) is 25.1 Å². The Hall–Kier alpha value is -4.79. The first-order valence-corrected chi connectivity index (χ1v) is 17.3. The molecule has 1 aliphatic carbocycles. The maximum Gasteiger partial charge on any atom is 0.352 e. The quantitative estimate of drug-likeness (QED) is 0.106. The Morgan fingerprint density at radius 3 is 2.59 bits per heavy atom. The average Bonchev–Trinajstić information content (AvgIpc) is 3.08. The molecule has 9 heteroatoms. The number of nitrogens with one attached hydrogen (secondary N) is 1. The minimum atomic E-state index is -1.20. The van der Waals surface area contributed by atoms with E-state index in [1.54, 1.807) is 36.4 Å². The fraction of sp³-hybridized carbons (Fsp3) is 0.425. The van der Waals surface area contributed by atoms with Crippen molar-refractivity contribution in [3.63, 3.8) is 0 Å². The van der Waals surface area contributed by atoms with Crippen LogP contribution < -0.4 is 14.8 Å². The summed E-state index contributed by atoms with van der Waals surface area (Å²) in [6.45, 7) is 10.4. The molecule has 260 valence electrons. The maximum atomic E-state index is 13.1. The Kier molecular flexibility index (Phi) is 11.6. The number of amides is 2. The molecule has 3 N–H and O–H groups in total. The molecule has 4 atom stereocenters. The highest BCUT2D eigenvalue weighted by Gasteiger charge is 2.53. The second-order valence-electron chi connectivity index (χ2n) is 13.4. The predicted molar refractivity (Wildman–Crippen MR) is 188 cm³/mol. The number of phenolic OH excluding ortho intramolecular Hbond substituents is 1. The van der Waals surface area contributed by atoms with Gasteiger partial charge in [-0.25, -0.2) is 4.79 Å². The first kappa shape index (κ1) is 35.5. The van der Waals surface area contributed by atoms with Crippen molar-refractivity contribution in [2.24, 2.45) is 5.92 Å². The summed E-state index contributed by atoms with van der Waals surface area (Å²) in [4.78, 5) is 39.3. The van der Waals surface area contributed by atoms with Crippen LogP contribution in [0.5, 0.6) is 17.2 Å². The standard InChI is InChI=1S/C40H48N2O7/c1-5-6-8-12-27-22-33(43)36(31-21-26(4)16-18-30(31)25(2)3)34(23-27)48-20-11-13-28-17-19-32-37(39(45)42(32)38(28)40(46)47)41-35(44)24-49-29-14-9-7-10-15-29/h7,9-11,13-15,21-23,30-32,37,43H,2,5-6,8,12,16-20,24H2,1,3-4H3,(H,41,44)(H,46,47)/b13-11+/t30-,31+,32+,37-/m0/s1. The SMILES string of the molecule is C=C(C)[C@@H]1CCC(C)=C[C@H]1c1c(O)cc(CCCCC)cc1OC/C=C/C1=C(C(=O)O)N2C(=O)[C@@H](NC(=O)COc3ccccc3)[C@H]2CC1. The molecule has 0 bridgehead atoms. The van der Waals surface area contributed by atoms with Gasteiger partial charge >= 0.3 is 5.97 Å². The normalized spacial score (nSPS) is 21.9. The van der Waals surface area contributed by atoms with Crippen molar-refractivity contribution in [3.05, 3.63) is 101 Å². The van der Waals surface area contributed by atoms with E-state index in [2.05, 4.69) is 31.8 Å². The summed E-state index contributed by atoms with van der Waals surface area (Å²) in [5.74, 6) is -0.625. The van der Waals surface area contributed by atoms with E-state index in [4.69, 9.17) is 9.47 Å². The fourth-order valence-corrected chi connectivity index (χ4v) is 7.21. The van der Waals surface area contributed by atoms with Crippen molar-refractivity contribution in [2.45, 2.75) is 90.1 Å². The van der Waals surface area contributed by atoms with Gasteiger partial charge in [-0.2, -0.15) is 0 Å². The summed E-state index contributed by atoms with van der Waals surface area (Å²) < 4.78 is 11.8. The molecule has 2 aliphatic heterocycles. The molecule has 0 radical (unpaired) electrons. The van der Waals surface area contributed by atoms with E-state index in [0.29, 0.717) is 29.9 Å². The van der Waals surface area contributed by atoms with Crippen LogP contribution in [0, 0.1) is 5.92 Å². The molecule has 3 aliphatic rings. The van der Waals surface area contributed by atoms with Crippen molar-refractivity contribution in [3.8, 4) is 17.2 Å². The number of aliphatic carboxylic acids is 1. The summed E-state index contributed by atoms with van der Waals surface area (Å²) in [5.41, 5.74) is 4.54. The number of nitrogens with zero attached hydrogens (tertiary/aromatic N) is 1. The number of β-lactam (4-membered cyclic amide) rings is 1. The number of phenols is 1. The molecule has 2 aromatic carbocycles. The molecule has 49 heavy (non-hydrogen) atoms. The van der Waals surface area contributed by atoms with Gasteiger partial charge in [-0.1, -0.05) is 67.8 Å². The molecule has 1 fully saturated rings. The number of fused-ring (bicyclic) bond motifs is 1. The summed E-state index contributed by atoms with van der Waals surface area (Å²) in [5, 5.41) is 24.2. The smallest absolute Gasteiger partial charge is 0.352 e. The second-order valence-corrected chi connectivity index (χ2v) is 13.4. The van der Waals surface area contributed by atoms with Crippen molar-refractivity contribution in [1.29, 1.82) is 0 Å². The highest BCUT2D eigenvalue weighted by atomic mass is 16.5. The zero-order valence-corrected chi connectivity index (χ0v) is 28.7. The zero-order valence-electron chi connectivity index (χ0n) is 28.7. The van der Waals surface area contributed by atoms with Crippen LogP contribution in [0.3, 0.4) is 0 Å². The fourth-order valence-electron chi connectivity index (χ4n) is 7.21. The third kappa shape index (κ3) is 8.27. The lowest BCUT2D eigenvalue weighted by Gasteiger charge is -2.50. The maximum absolute atomic E-state index is 13.1. The summed E-state index contributed by atoms with van der Waals surface area (Å²) in [6.07, 6.45) is 12.6. The van der Waals surface area contributed by atoms with E-state index in [-0.39, 0.29) is 36.5 Å². The number of para-hydroxylation sites is 1.